The van der Waals surface area contributed by atoms with Crippen LogP contribution in [0.2, 0.25) is 0 Å². The smallest absolute Gasteiger partial charge is 0.262 e. The van der Waals surface area contributed by atoms with E-state index in [9.17, 15) is 8.42 Å². The van der Waals surface area contributed by atoms with Gasteiger partial charge in [0.05, 0.1) is 16.1 Å². The third-order valence-electron chi connectivity index (χ3n) is 5.92. The molecule has 0 aliphatic carbocycles. The second-order valence-corrected chi connectivity index (χ2v) is 10.3. The Hall–Kier alpha value is -2.40. The molecule has 5 heteroatoms. The van der Waals surface area contributed by atoms with Gasteiger partial charge in [0, 0.05) is 11.1 Å². The molecule has 4 nitrogen and oxygen atoms in total. The van der Waals surface area contributed by atoms with E-state index in [4.69, 9.17) is 0 Å². The molecule has 0 saturated carbocycles. The van der Waals surface area contributed by atoms with Crippen LogP contribution in [0.25, 0.3) is 10.9 Å². The van der Waals surface area contributed by atoms with Crippen LogP contribution in [0.1, 0.15) is 76.0 Å². The van der Waals surface area contributed by atoms with Gasteiger partial charge in [-0.1, -0.05) is 94.7 Å². The first-order valence-electron chi connectivity index (χ1n) is 12.0. The first kappa shape index (κ1) is 24.2. The molecule has 1 N–H and O–H groups in total. The van der Waals surface area contributed by atoms with E-state index in [2.05, 4.69) is 16.6 Å². The molecule has 0 aliphatic heterocycles. The fourth-order valence-corrected chi connectivity index (χ4v) is 5.46. The molecular weight excluding hydrogens is 416 g/mol. The highest BCUT2D eigenvalue weighted by Crippen LogP contribution is 2.26. The van der Waals surface area contributed by atoms with E-state index in [1.54, 1.807) is 18.2 Å². The minimum Gasteiger partial charge on any atom is -0.277 e. The summed E-state index contributed by atoms with van der Waals surface area (Å²) in [7, 11) is -3.70. The van der Waals surface area contributed by atoms with Crippen LogP contribution in [0.5, 0.6) is 0 Å². The van der Waals surface area contributed by atoms with Crippen LogP contribution in [-0.2, 0) is 16.4 Å². The summed E-state index contributed by atoms with van der Waals surface area (Å²) in [6, 6.07) is 16.8. The topological polar surface area (TPSA) is 59.1 Å². The van der Waals surface area contributed by atoms with E-state index >= 15 is 0 Å². The summed E-state index contributed by atoms with van der Waals surface area (Å²) in [5.74, 6) is 0. The van der Waals surface area contributed by atoms with Crippen molar-refractivity contribution in [2.24, 2.45) is 0 Å². The lowest BCUT2D eigenvalue weighted by molar-refractivity contribution is 0.563. The maximum absolute atomic E-state index is 13.3. The van der Waals surface area contributed by atoms with Crippen LogP contribution >= 0.6 is 0 Å². The van der Waals surface area contributed by atoms with Crippen molar-refractivity contribution < 1.29 is 8.42 Å². The van der Waals surface area contributed by atoms with Gasteiger partial charge in [-0.25, -0.2) is 8.42 Å². The number of nitrogens with zero attached hydrogens (tertiary/aromatic N) is 1. The van der Waals surface area contributed by atoms with Gasteiger partial charge < -0.3 is 0 Å². The highest BCUT2D eigenvalue weighted by atomic mass is 32.2. The number of rotatable bonds is 13. The fraction of sp³-hybridized carbons (Fsp3) is 0.444. The van der Waals surface area contributed by atoms with Crippen LogP contribution in [0.4, 0.5) is 5.69 Å². The number of unbranched alkanes of at least 4 members (excludes halogenated alkanes) is 8. The van der Waals surface area contributed by atoms with Gasteiger partial charge in [0.15, 0.2) is 0 Å². The Morgan fingerprint density at radius 2 is 1.47 bits per heavy atom. The molecule has 3 rings (SSSR count). The fourth-order valence-electron chi connectivity index (χ4n) is 4.13. The maximum Gasteiger partial charge on any atom is 0.262 e. The van der Waals surface area contributed by atoms with Crippen LogP contribution in [0.15, 0.2) is 59.5 Å². The predicted octanol–water partition coefficient (Wildman–Crippen LogP) is 7.42. The molecule has 1 aromatic heterocycles. The molecule has 0 bridgehead atoms. The lowest BCUT2D eigenvalue weighted by atomic mass is 10.0. The van der Waals surface area contributed by atoms with Crippen molar-refractivity contribution in [3.05, 3.63) is 65.9 Å². The zero-order valence-electron chi connectivity index (χ0n) is 19.4. The Bertz CT molecular complexity index is 1110. The number of hydrogen-bond acceptors (Lipinski definition) is 3. The molecule has 0 atom stereocenters. The van der Waals surface area contributed by atoms with Crippen molar-refractivity contribution in [3.63, 3.8) is 0 Å². The van der Waals surface area contributed by atoms with Gasteiger partial charge in [-0.3, -0.25) is 9.71 Å². The molecule has 1 heterocycles. The Morgan fingerprint density at radius 3 is 2.22 bits per heavy atom. The Balaban J connectivity index is 1.63. The first-order chi connectivity index (χ1) is 15.5. The van der Waals surface area contributed by atoms with Gasteiger partial charge in [0.1, 0.15) is 0 Å². The molecule has 0 amide bonds. The van der Waals surface area contributed by atoms with Crippen molar-refractivity contribution in [3.8, 4) is 0 Å². The molecular formula is C27H36N2O2S. The van der Waals surface area contributed by atoms with Crippen LogP contribution in [-0.4, -0.2) is 13.4 Å². The standard InChI is InChI=1S/C27H36N2O2S/c1-3-4-5-6-7-8-9-10-11-15-23-16-12-13-19-26(23)32(30,31)29-25-18-14-17-24-21-20-22(2)28-27(24)25/h12-14,16-21,29H,3-11,15H2,1-2H3. The number of pyridine rings is 1. The van der Waals surface area contributed by atoms with Crippen LogP contribution in [0.3, 0.4) is 0 Å². The SMILES string of the molecule is CCCCCCCCCCCc1ccccc1S(=O)(=O)Nc1cccc2ccc(C)nc12. The third-order valence-corrected chi connectivity index (χ3v) is 7.38. The molecule has 0 saturated heterocycles. The number of benzene rings is 2. The highest BCUT2D eigenvalue weighted by Gasteiger charge is 2.19. The van der Waals surface area contributed by atoms with Crippen molar-refractivity contribution in [1.29, 1.82) is 0 Å². The maximum atomic E-state index is 13.3. The average molecular weight is 453 g/mol. The number of hydrogen-bond donors (Lipinski definition) is 1. The van der Waals surface area contributed by atoms with Gasteiger partial charge in [-0.2, -0.15) is 0 Å². The number of nitrogens with one attached hydrogen (secondary N) is 1. The van der Waals surface area contributed by atoms with Gasteiger partial charge in [0.2, 0.25) is 0 Å². The van der Waals surface area contributed by atoms with E-state index in [0.717, 1.165) is 35.9 Å². The summed E-state index contributed by atoms with van der Waals surface area (Å²) in [6.45, 7) is 4.15. The van der Waals surface area contributed by atoms with Gasteiger partial charge in [-0.15, -0.1) is 0 Å². The molecule has 32 heavy (non-hydrogen) atoms. The van der Waals surface area contributed by atoms with E-state index in [1.165, 1.54) is 44.9 Å². The molecule has 0 aliphatic rings. The summed E-state index contributed by atoms with van der Waals surface area (Å²) in [4.78, 5) is 4.92. The minimum absolute atomic E-state index is 0.365. The largest absolute Gasteiger partial charge is 0.277 e. The molecule has 0 radical (unpaired) electrons. The summed E-state index contributed by atoms with van der Waals surface area (Å²) >= 11 is 0. The Morgan fingerprint density at radius 1 is 0.781 bits per heavy atom. The lowest BCUT2D eigenvalue weighted by Crippen LogP contribution is -2.15. The lowest BCUT2D eigenvalue weighted by Gasteiger charge is -2.14. The van der Waals surface area contributed by atoms with Crippen molar-refractivity contribution in [2.45, 2.75) is 83.0 Å². The molecule has 0 spiro atoms. The number of aromatic nitrogens is 1. The van der Waals surface area contributed by atoms with Crippen LogP contribution in [0, 0.1) is 6.92 Å². The molecule has 0 fully saturated rings. The summed E-state index contributed by atoms with van der Waals surface area (Å²) in [5.41, 5.74) is 2.93. The van der Waals surface area contributed by atoms with Crippen molar-refractivity contribution >= 4 is 26.6 Å². The van der Waals surface area contributed by atoms with Crippen molar-refractivity contribution in [1.82, 2.24) is 4.98 Å². The zero-order chi connectivity index (χ0) is 22.8. The Kier molecular flexibility index (Phi) is 9.10. The monoisotopic (exact) mass is 452 g/mol. The quantitative estimate of drug-likeness (QED) is 0.275. The number of sulfonamides is 1. The summed E-state index contributed by atoms with van der Waals surface area (Å²) in [6.07, 6.45) is 12.1. The number of para-hydroxylation sites is 1. The highest BCUT2D eigenvalue weighted by molar-refractivity contribution is 7.92. The third kappa shape index (κ3) is 6.80. The molecule has 2 aromatic carbocycles. The van der Waals surface area contributed by atoms with E-state index < -0.39 is 10.0 Å². The molecule has 172 valence electrons. The summed E-state index contributed by atoms with van der Waals surface area (Å²) < 4.78 is 29.3. The van der Waals surface area contributed by atoms with Crippen LogP contribution < -0.4 is 4.72 Å². The average Bonchev–Trinajstić information content (AvgIpc) is 2.78. The second kappa shape index (κ2) is 12.0. The number of aryl methyl sites for hydroxylation is 2. The normalized spacial score (nSPS) is 11.7. The summed E-state index contributed by atoms with van der Waals surface area (Å²) in [5, 5.41) is 0.916. The Labute approximate surface area is 193 Å². The predicted molar refractivity (Wildman–Crippen MR) is 135 cm³/mol. The van der Waals surface area contributed by atoms with Gasteiger partial charge >= 0.3 is 0 Å². The number of fused-ring (bicyclic) bond motifs is 1. The van der Waals surface area contributed by atoms with Gasteiger partial charge in [0.25, 0.3) is 10.0 Å². The molecule has 0 unspecified atom stereocenters. The second-order valence-electron chi connectivity index (χ2n) is 8.62. The minimum atomic E-state index is -3.70. The van der Waals surface area contributed by atoms with E-state index in [-0.39, 0.29) is 0 Å². The first-order valence-corrected chi connectivity index (χ1v) is 13.5. The van der Waals surface area contributed by atoms with E-state index in [1.807, 2.05) is 43.3 Å². The van der Waals surface area contributed by atoms with Crippen molar-refractivity contribution in [2.75, 3.05) is 4.72 Å². The van der Waals surface area contributed by atoms with Gasteiger partial charge in [-0.05, 0) is 43.5 Å². The van der Waals surface area contributed by atoms with E-state index in [0.29, 0.717) is 16.1 Å². The molecule has 3 aromatic rings. The zero-order valence-corrected chi connectivity index (χ0v) is 20.3. The number of anilines is 1.